The molecule has 4 N–H and O–H groups in total. The van der Waals surface area contributed by atoms with Gasteiger partial charge in [0, 0.05) is 11.6 Å². The summed E-state index contributed by atoms with van der Waals surface area (Å²) in [6.07, 6.45) is 2.38. The van der Waals surface area contributed by atoms with E-state index in [0.29, 0.717) is 17.7 Å². The molecule has 1 aromatic rings. The van der Waals surface area contributed by atoms with E-state index < -0.39 is 5.54 Å². The van der Waals surface area contributed by atoms with E-state index in [0.717, 1.165) is 12.8 Å². The van der Waals surface area contributed by atoms with E-state index in [1.54, 1.807) is 31.4 Å². The zero-order chi connectivity index (χ0) is 12.5. The largest absolute Gasteiger partial charge is 0.497 e. The summed E-state index contributed by atoms with van der Waals surface area (Å²) in [5, 5.41) is 0. The van der Waals surface area contributed by atoms with Crippen LogP contribution < -0.4 is 16.2 Å². The molecule has 4 heteroatoms. The molecule has 0 saturated heterocycles. The van der Waals surface area contributed by atoms with E-state index >= 15 is 0 Å². The van der Waals surface area contributed by atoms with Crippen molar-refractivity contribution in [2.75, 3.05) is 7.11 Å². The van der Waals surface area contributed by atoms with Crippen molar-refractivity contribution in [2.45, 2.75) is 30.8 Å². The lowest BCUT2D eigenvalue weighted by molar-refractivity contribution is 0.0879. The van der Waals surface area contributed by atoms with Crippen LogP contribution >= 0.6 is 0 Å². The maximum atomic E-state index is 12.4. The third-order valence-electron chi connectivity index (χ3n) is 3.52. The lowest BCUT2D eigenvalue weighted by atomic mass is 9.86. The maximum Gasteiger partial charge on any atom is 0.184 e. The van der Waals surface area contributed by atoms with Crippen molar-refractivity contribution in [1.29, 1.82) is 0 Å². The van der Waals surface area contributed by atoms with Crippen molar-refractivity contribution in [2.24, 2.45) is 11.5 Å². The SMILES string of the molecule is COc1cccc(C(=O)C2(N)CCCC2N)c1. The molecule has 2 rings (SSSR count). The minimum atomic E-state index is -0.910. The highest BCUT2D eigenvalue weighted by Crippen LogP contribution is 2.30. The summed E-state index contributed by atoms with van der Waals surface area (Å²) >= 11 is 0. The number of Topliss-reactive ketones (excluding diaryl/α,β-unsaturated/α-hetero) is 1. The Bertz CT molecular complexity index is 433. The highest BCUT2D eigenvalue weighted by atomic mass is 16.5. The monoisotopic (exact) mass is 234 g/mol. The lowest BCUT2D eigenvalue weighted by Crippen LogP contribution is -2.57. The van der Waals surface area contributed by atoms with Crippen molar-refractivity contribution in [1.82, 2.24) is 0 Å². The van der Waals surface area contributed by atoms with Crippen LogP contribution in [0.15, 0.2) is 24.3 Å². The Morgan fingerprint density at radius 2 is 2.29 bits per heavy atom. The molecule has 1 saturated carbocycles. The van der Waals surface area contributed by atoms with Crippen molar-refractivity contribution >= 4 is 5.78 Å². The third kappa shape index (κ3) is 2.06. The van der Waals surface area contributed by atoms with Crippen LogP contribution in [0.25, 0.3) is 0 Å². The fourth-order valence-electron chi connectivity index (χ4n) is 2.37. The smallest absolute Gasteiger partial charge is 0.184 e. The van der Waals surface area contributed by atoms with Gasteiger partial charge in [-0.3, -0.25) is 4.79 Å². The van der Waals surface area contributed by atoms with Gasteiger partial charge in [0.1, 0.15) is 5.75 Å². The summed E-state index contributed by atoms with van der Waals surface area (Å²) in [4.78, 5) is 12.4. The number of benzene rings is 1. The first-order valence-electron chi connectivity index (χ1n) is 5.81. The molecule has 4 nitrogen and oxygen atoms in total. The Hall–Kier alpha value is -1.39. The molecule has 0 bridgehead atoms. The molecule has 17 heavy (non-hydrogen) atoms. The maximum absolute atomic E-state index is 12.4. The lowest BCUT2D eigenvalue weighted by Gasteiger charge is -2.27. The summed E-state index contributed by atoms with van der Waals surface area (Å²) in [7, 11) is 1.57. The number of hydrogen-bond donors (Lipinski definition) is 2. The predicted octanol–water partition coefficient (Wildman–Crippen LogP) is 1.09. The van der Waals surface area contributed by atoms with E-state index in [-0.39, 0.29) is 11.8 Å². The van der Waals surface area contributed by atoms with Gasteiger partial charge >= 0.3 is 0 Å². The average Bonchev–Trinajstić information content (AvgIpc) is 2.70. The Balaban J connectivity index is 2.30. The zero-order valence-electron chi connectivity index (χ0n) is 9.98. The Kier molecular flexibility index (Phi) is 3.17. The summed E-state index contributed by atoms with van der Waals surface area (Å²) < 4.78 is 5.10. The van der Waals surface area contributed by atoms with Crippen LogP contribution in [0.1, 0.15) is 29.6 Å². The number of rotatable bonds is 3. The van der Waals surface area contributed by atoms with Crippen LogP contribution in [0.3, 0.4) is 0 Å². The number of hydrogen-bond acceptors (Lipinski definition) is 4. The topological polar surface area (TPSA) is 78.3 Å². The van der Waals surface area contributed by atoms with E-state index in [4.69, 9.17) is 16.2 Å². The molecule has 1 aliphatic rings. The molecule has 1 fully saturated rings. The first-order chi connectivity index (χ1) is 8.08. The van der Waals surface area contributed by atoms with Gasteiger partial charge in [0.2, 0.25) is 0 Å². The standard InChI is InChI=1S/C13H18N2O2/c1-17-10-5-2-4-9(8-10)12(16)13(15)7-3-6-11(13)14/h2,4-5,8,11H,3,6-7,14-15H2,1H3. The van der Waals surface area contributed by atoms with Gasteiger partial charge in [-0.05, 0) is 31.4 Å². The summed E-state index contributed by atoms with van der Waals surface area (Å²) in [6, 6.07) is 6.80. The fraction of sp³-hybridized carbons (Fsp3) is 0.462. The molecular weight excluding hydrogens is 216 g/mol. The van der Waals surface area contributed by atoms with Crippen molar-refractivity contribution < 1.29 is 9.53 Å². The molecule has 1 aliphatic carbocycles. The first-order valence-corrected chi connectivity index (χ1v) is 5.81. The molecule has 0 spiro atoms. The van der Waals surface area contributed by atoms with Crippen LogP contribution in [-0.4, -0.2) is 24.5 Å². The molecular formula is C13H18N2O2. The molecule has 92 valence electrons. The Morgan fingerprint density at radius 1 is 1.53 bits per heavy atom. The van der Waals surface area contributed by atoms with Crippen LogP contribution in [0.2, 0.25) is 0 Å². The highest BCUT2D eigenvalue weighted by Gasteiger charge is 2.43. The highest BCUT2D eigenvalue weighted by molar-refractivity contribution is 6.04. The summed E-state index contributed by atoms with van der Waals surface area (Å²) in [6.45, 7) is 0. The molecule has 2 atom stereocenters. The van der Waals surface area contributed by atoms with Crippen LogP contribution in [0, 0.1) is 0 Å². The van der Waals surface area contributed by atoms with Gasteiger partial charge in [-0.15, -0.1) is 0 Å². The second-order valence-corrected chi connectivity index (χ2v) is 4.60. The summed E-state index contributed by atoms with van der Waals surface area (Å²) in [5.41, 5.74) is 11.8. The van der Waals surface area contributed by atoms with Gasteiger partial charge in [-0.2, -0.15) is 0 Å². The van der Waals surface area contributed by atoms with Gasteiger partial charge in [-0.25, -0.2) is 0 Å². The van der Waals surface area contributed by atoms with Gasteiger partial charge in [0.15, 0.2) is 5.78 Å². The Morgan fingerprint density at radius 3 is 2.88 bits per heavy atom. The second-order valence-electron chi connectivity index (χ2n) is 4.60. The van der Waals surface area contributed by atoms with Gasteiger partial charge in [0.05, 0.1) is 12.6 Å². The number of carbonyl (C=O) groups excluding carboxylic acids is 1. The van der Waals surface area contributed by atoms with E-state index in [1.807, 2.05) is 0 Å². The molecule has 2 unspecified atom stereocenters. The minimum absolute atomic E-state index is 0.0820. The zero-order valence-corrected chi connectivity index (χ0v) is 9.98. The molecule has 0 amide bonds. The number of nitrogens with two attached hydrogens (primary N) is 2. The molecule has 0 aromatic heterocycles. The van der Waals surface area contributed by atoms with Crippen LogP contribution in [0.5, 0.6) is 5.75 Å². The Labute approximate surface area is 101 Å². The molecule has 0 radical (unpaired) electrons. The minimum Gasteiger partial charge on any atom is -0.497 e. The van der Waals surface area contributed by atoms with E-state index in [1.165, 1.54) is 0 Å². The van der Waals surface area contributed by atoms with Gasteiger partial charge in [-0.1, -0.05) is 12.1 Å². The second kappa shape index (κ2) is 4.47. The van der Waals surface area contributed by atoms with Crippen molar-refractivity contribution in [3.8, 4) is 5.75 Å². The third-order valence-corrected chi connectivity index (χ3v) is 3.52. The fourth-order valence-corrected chi connectivity index (χ4v) is 2.37. The van der Waals surface area contributed by atoms with Crippen molar-refractivity contribution in [3.63, 3.8) is 0 Å². The van der Waals surface area contributed by atoms with Gasteiger partial charge in [0.25, 0.3) is 0 Å². The quantitative estimate of drug-likeness (QED) is 0.767. The number of ether oxygens (including phenoxy) is 1. The van der Waals surface area contributed by atoms with E-state index in [2.05, 4.69) is 0 Å². The van der Waals surface area contributed by atoms with E-state index in [9.17, 15) is 4.79 Å². The normalized spacial score (nSPS) is 28.1. The number of ketones is 1. The summed E-state index contributed by atoms with van der Waals surface area (Å²) in [5.74, 6) is 0.576. The molecule has 0 heterocycles. The van der Waals surface area contributed by atoms with Crippen LogP contribution in [-0.2, 0) is 0 Å². The van der Waals surface area contributed by atoms with Gasteiger partial charge < -0.3 is 16.2 Å². The number of carbonyl (C=O) groups is 1. The van der Waals surface area contributed by atoms with Crippen molar-refractivity contribution in [3.05, 3.63) is 29.8 Å². The molecule has 1 aromatic carbocycles. The first kappa shape index (κ1) is 12.1. The predicted molar refractivity (Wildman–Crippen MR) is 66.1 cm³/mol. The number of methoxy groups -OCH3 is 1. The average molecular weight is 234 g/mol. The molecule has 0 aliphatic heterocycles. The van der Waals surface area contributed by atoms with Crippen LogP contribution in [0.4, 0.5) is 0 Å².